The fourth-order valence-corrected chi connectivity index (χ4v) is 2.01. The molecule has 0 N–H and O–H groups in total. The molecule has 0 aliphatic rings. The van der Waals surface area contributed by atoms with E-state index in [2.05, 4.69) is 25.3 Å². The smallest absolute Gasteiger partial charge is 0.178 e. The van der Waals surface area contributed by atoms with E-state index in [1.165, 1.54) is 5.69 Å². The van der Waals surface area contributed by atoms with E-state index in [1.807, 2.05) is 24.9 Å². The Morgan fingerprint density at radius 1 is 1.38 bits per heavy atom. The highest BCUT2D eigenvalue weighted by molar-refractivity contribution is 5.99. The van der Waals surface area contributed by atoms with Crippen LogP contribution in [0, 0.1) is 13.8 Å². The molecular formula is C13H22N2O. The Morgan fingerprint density at radius 3 is 2.44 bits per heavy atom. The van der Waals surface area contributed by atoms with Crippen molar-refractivity contribution in [3.05, 3.63) is 23.0 Å². The number of aromatic nitrogens is 1. The van der Waals surface area contributed by atoms with Crippen molar-refractivity contribution < 1.29 is 4.79 Å². The van der Waals surface area contributed by atoms with E-state index in [0.29, 0.717) is 6.54 Å². The molecule has 0 aliphatic carbocycles. The predicted octanol–water partition coefficient (Wildman–Crippen LogP) is 2.26. The van der Waals surface area contributed by atoms with Gasteiger partial charge in [0.05, 0.1) is 6.54 Å². The fourth-order valence-electron chi connectivity index (χ4n) is 2.01. The first kappa shape index (κ1) is 13.0. The van der Waals surface area contributed by atoms with Gasteiger partial charge in [-0.1, -0.05) is 6.92 Å². The molecule has 1 aromatic heterocycles. The van der Waals surface area contributed by atoms with Crippen LogP contribution in [0.3, 0.4) is 0 Å². The van der Waals surface area contributed by atoms with Crippen molar-refractivity contribution in [3.63, 3.8) is 0 Å². The van der Waals surface area contributed by atoms with Crippen LogP contribution in [0.25, 0.3) is 0 Å². The van der Waals surface area contributed by atoms with E-state index in [-0.39, 0.29) is 5.78 Å². The summed E-state index contributed by atoms with van der Waals surface area (Å²) in [5.41, 5.74) is 3.14. The minimum absolute atomic E-state index is 0.220. The lowest BCUT2D eigenvalue weighted by Gasteiger charge is -2.12. The van der Waals surface area contributed by atoms with Gasteiger partial charge in [0.1, 0.15) is 0 Å². The number of carbonyl (C=O) groups excluding carboxylic acids is 1. The molecule has 1 aromatic rings. The third-order valence-corrected chi connectivity index (χ3v) is 3.14. The Balaban J connectivity index is 2.92. The van der Waals surface area contributed by atoms with Crippen LogP contribution in [-0.4, -0.2) is 35.4 Å². The zero-order valence-corrected chi connectivity index (χ0v) is 11.0. The van der Waals surface area contributed by atoms with E-state index in [1.54, 1.807) is 0 Å². The van der Waals surface area contributed by atoms with Crippen molar-refractivity contribution in [1.82, 2.24) is 9.47 Å². The summed E-state index contributed by atoms with van der Waals surface area (Å²) in [5.74, 6) is 0.220. The Labute approximate surface area is 98.1 Å². The van der Waals surface area contributed by atoms with E-state index in [0.717, 1.165) is 24.3 Å². The first-order valence-corrected chi connectivity index (χ1v) is 5.89. The van der Waals surface area contributed by atoms with Crippen molar-refractivity contribution in [3.8, 4) is 0 Å². The molecule has 0 fully saturated rings. The molecule has 16 heavy (non-hydrogen) atoms. The summed E-state index contributed by atoms with van der Waals surface area (Å²) in [7, 11) is 1.97. The second-order valence-electron chi connectivity index (χ2n) is 4.28. The zero-order valence-electron chi connectivity index (χ0n) is 11.0. The van der Waals surface area contributed by atoms with Crippen LogP contribution in [-0.2, 0) is 6.54 Å². The summed E-state index contributed by atoms with van der Waals surface area (Å²) in [6.45, 7) is 10.6. The van der Waals surface area contributed by atoms with E-state index in [4.69, 9.17) is 0 Å². The molecule has 0 saturated heterocycles. The van der Waals surface area contributed by atoms with Gasteiger partial charge in [0.15, 0.2) is 5.78 Å². The molecule has 0 saturated carbocycles. The van der Waals surface area contributed by atoms with Gasteiger partial charge in [-0.3, -0.25) is 9.69 Å². The van der Waals surface area contributed by atoms with Crippen LogP contribution in [0.5, 0.6) is 0 Å². The van der Waals surface area contributed by atoms with Gasteiger partial charge >= 0.3 is 0 Å². The number of ketones is 1. The first-order valence-electron chi connectivity index (χ1n) is 5.89. The molecule has 3 heteroatoms. The molecule has 1 rings (SSSR count). The molecular weight excluding hydrogens is 200 g/mol. The van der Waals surface area contributed by atoms with Gasteiger partial charge in [-0.25, -0.2) is 0 Å². The molecule has 0 spiro atoms. The SMILES string of the molecule is CCN(C)CC(=O)c1cc(C)n(CC)c1C. The lowest BCUT2D eigenvalue weighted by Crippen LogP contribution is -2.25. The predicted molar refractivity (Wildman–Crippen MR) is 67.1 cm³/mol. The molecule has 0 aromatic carbocycles. The molecule has 0 aliphatic heterocycles. The number of likely N-dealkylation sites (N-methyl/N-ethyl adjacent to an activating group) is 1. The number of aryl methyl sites for hydroxylation is 1. The fraction of sp³-hybridized carbons (Fsp3) is 0.615. The van der Waals surface area contributed by atoms with Crippen molar-refractivity contribution in [2.45, 2.75) is 34.2 Å². The number of rotatable bonds is 5. The molecule has 0 atom stereocenters. The summed E-state index contributed by atoms with van der Waals surface area (Å²) in [6, 6.07) is 2.00. The van der Waals surface area contributed by atoms with Crippen molar-refractivity contribution in [2.75, 3.05) is 20.1 Å². The van der Waals surface area contributed by atoms with Gasteiger partial charge in [-0.15, -0.1) is 0 Å². The standard InChI is InChI=1S/C13H22N2O/c1-6-14(5)9-13(16)12-8-10(3)15(7-2)11(12)4/h8H,6-7,9H2,1-5H3. The van der Waals surface area contributed by atoms with Gasteiger partial charge in [0.25, 0.3) is 0 Å². The largest absolute Gasteiger partial charge is 0.349 e. The lowest BCUT2D eigenvalue weighted by molar-refractivity contribution is 0.0948. The molecule has 0 bridgehead atoms. The van der Waals surface area contributed by atoms with Crippen LogP contribution >= 0.6 is 0 Å². The van der Waals surface area contributed by atoms with Gasteiger partial charge < -0.3 is 4.57 Å². The summed E-state index contributed by atoms with van der Waals surface area (Å²) in [4.78, 5) is 14.1. The minimum Gasteiger partial charge on any atom is -0.349 e. The maximum atomic E-state index is 12.1. The number of carbonyl (C=O) groups is 1. The Morgan fingerprint density at radius 2 is 2.00 bits per heavy atom. The number of Topliss-reactive ketones (excluding diaryl/α,β-unsaturated/α-hetero) is 1. The quantitative estimate of drug-likeness (QED) is 0.714. The maximum Gasteiger partial charge on any atom is 0.178 e. The average Bonchev–Trinajstić information content (AvgIpc) is 2.53. The number of hydrogen-bond acceptors (Lipinski definition) is 2. The summed E-state index contributed by atoms with van der Waals surface area (Å²) >= 11 is 0. The summed E-state index contributed by atoms with van der Waals surface area (Å²) in [5, 5.41) is 0. The first-order chi connectivity index (χ1) is 7.51. The third-order valence-electron chi connectivity index (χ3n) is 3.14. The Bertz CT molecular complexity index is 380. The molecule has 90 valence electrons. The van der Waals surface area contributed by atoms with Crippen LogP contribution < -0.4 is 0 Å². The van der Waals surface area contributed by atoms with E-state index < -0.39 is 0 Å². The second-order valence-corrected chi connectivity index (χ2v) is 4.28. The monoisotopic (exact) mass is 222 g/mol. The molecule has 1 heterocycles. The van der Waals surface area contributed by atoms with Crippen LogP contribution in [0.4, 0.5) is 0 Å². The maximum absolute atomic E-state index is 12.1. The van der Waals surface area contributed by atoms with Crippen LogP contribution in [0.15, 0.2) is 6.07 Å². The molecule has 3 nitrogen and oxygen atoms in total. The highest BCUT2D eigenvalue weighted by Gasteiger charge is 2.15. The van der Waals surface area contributed by atoms with Crippen molar-refractivity contribution in [1.29, 1.82) is 0 Å². The summed E-state index contributed by atoms with van der Waals surface area (Å²) in [6.07, 6.45) is 0. The highest BCUT2D eigenvalue weighted by Crippen LogP contribution is 2.15. The molecule has 0 unspecified atom stereocenters. The summed E-state index contributed by atoms with van der Waals surface area (Å²) < 4.78 is 2.18. The third kappa shape index (κ3) is 2.53. The lowest BCUT2D eigenvalue weighted by atomic mass is 10.1. The van der Waals surface area contributed by atoms with Crippen molar-refractivity contribution >= 4 is 5.78 Å². The van der Waals surface area contributed by atoms with E-state index >= 15 is 0 Å². The number of hydrogen-bond donors (Lipinski definition) is 0. The minimum atomic E-state index is 0.220. The van der Waals surface area contributed by atoms with Gasteiger partial charge in [0.2, 0.25) is 0 Å². The normalized spacial score (nSPS) is 11.1. The van der Waals surface area contributed by atoms with Crippen LogP contribution in [0.2, 0.25) is 0 Å². The highest BCUT2D eigenvalue weighted by atomic mass is 16.1. The van der Waals surface area contributed by atoms with Crippen molar-refractivity contribution in [2.24, 2.45) is 0 Å². The average molecular weight is 222 g/mol. The number of nitrogens with zero attached hydrogens (tertiary/aromatic N) is 2. The topological polar surface area (TPSA) is 25.2 Å². The van der Waals surface area contributed by atoms with Gasteiger partial charge in [-0.2, -0.15) is 0 Å². The van der Waals surface area contributed by atoms with Crippen LogP contribution in [0.1, 0.15) is 35.6 Å². The Hall–Kier alpha value is -1.09. The second kappa shape index (κ2) is 5.30. The van der Waals surface area contributed by atoms with E-state index in [9.17, 15) is 4.79 Å². The van der Waals surface area contributed by atoms with Gasteiger partial charge in [-0.05, 0) is 40.4 Å². The van der Waals surface area contributed by atoms with Gasteiger partial charge in [0, 0.05) is 23.5 Å². The molecule has 0 radical (unpaired) electrons. The molecule has 0 amide bonds. The Kier molecular flexibility index (Phi) is 4.30. The zero-order chi connectivity index (χ0) is 12.3.